The van der Waals surface area contributed by atoms with Gasteiger partial charge in [-0.05, 0) is 19.1 Å². The fourth-order valence-electron chi connectivity index (χ4n) is 1.88. The number of nitrogens with zero attached hydrogens (tertiary/aromatic N) is 3. The van der Waals surface area contributed by atoms with E-state index in [2.05, 4.69) is 20.6 Å². The van der Waals surface area contributed by atoms with Crippen molar-refractivity contribution in [3.05, 3.63) is 32.4 Å². The Bertz CT molecular complexity index is 676. The molecule has 1 atom stereocenters. The Morgan fingerprint density at radius 2 is 2.16 bits per heavy atom. The molecule has 2 aromatic heterocycles. The Balaban J connectivity index is 0.00000312. The summed E-state index contributed by atoms with van der Waals surface area (Å²) in [7, 11) is 3.94. The van der Waals surface area contributed by atoms with Gasteiger partial charge >= 0.3 is 0 Å². The van der Waals surface area contributed by atoms with Gasteiger partial charge in [-0.25, -0.2) is 9.98 Å². The molecule has 0 radical (unpaired) electrons. The Kier molecular flexibility index (Phi) is 10.0. The fraction of sp³-hybridized carbons (Fsp3) is 0.467. The molecule has 10 heteroatoms. The minimum Gasteiger partial charge on any atom is -0.386 e. The van der Waals surface area contributed by atoms with Gasteiger partial charge in [0.15, 0.2) is 11.1 Å². The summed E-state index contributed by atoms with van der Waals surface area (Å²) in [5.41, 5.74) is 0.923. The molecule has 0 aromatic carbocycles. The van der Waals surface area contributed by atoms with E-state index in [0.29, 0.717) is 23.4 Å². The van der Waals surface area contributed by atoms with Crippen LogP contribution >= 0.6 is 58.3 Å². The van der Waals surface area contributed by atoms with Crippen LogP contribution in [0.1, 0.15) is 23.6 Å². The van der Waals surface area contributed by atoms with Crippen LogP contribution in [-0.4, -0.2) is 43.2 Å². The van der Waals surface area contributed by atoms with Crippen molar-refractivity contribution in [2.45, 2.75) is 19.6 Å². The molecule has 2 aromatic rings. The highest BCUT2D eigenvalue weighted by Gasteiger charge is 2.11. The number of nitrogens with one attached hydrogen (secondary N) is 2. The van der Waals surface area contributed by atoms with Crippen molar-refractivity contribution in [1.82, 2.24) is 15.6 Å². The summed E-state index contributed by atoms with van der Waals surface area (Å²) in [4.78, 5) is 11.8. The first-order chi connectivity index (χ1) is 11.5. The maximum absolute atomic E-state index is 10.2. The molecule has 6 nitrogen and oxygen atoms in total. The van der Waals surface area contributed by atoms with Crippen molar-refractivity contribution >= 4 is 69.3 Å². The van der Waals surface area contributed by atoms with E-state index >= 15 is 0 Å². The number of hydrogen-bond acceptors (Lipinski definition) is 6. The van der Waals surface area contributed by atoms with Crippen molar-refractivity contribution in [1.29, 1.82) is 0 Å². The number of thiophene rings is 1. The average molecular weight is 516 g/mol. The van der Waals surface area contributed by atoms with Gasteiger partial charge in [-0.15, -0.1) is 46.7 Å². The van der Waals surface area contributed by atoms with Gasteiger partial charge in [-0.3, -0.25) is 0 Å². The monoisotopic (exact) mass is 515 g/mol. The predicted octanol–water partition coefficient (Wildman–Crippen LogP) is 3.33. The van der Waals surface area contributed by atoms with Gasteiger partial charge in [-0.1, -0.05) is 11.6 Å². The van der Waals surface area contributed by atoms with Gasteiger partial charge < -0.3 is 20.6 Å². The minimum absolute atomic E-state index is 0. The van der Waals surface area contributed by atoms with E-state index in [1.807, 2.05) is 37.4 Å². The van der Waals surface area contributed by atoms with E-state index < -0.39 is 6.10 Å². The summed E-state index contributed by atoms with van der Waals surface area (Å²) in [6.45, 7) is 3.59. The number of hydrogen-bond donors (Lipinski definition) is 3. The zero-order valence-electron chi connectivity index (χ0n) is 14.3. The number of aliphatic hydroxyl groups is 1. The van der Waals surface area contributed by atoms with Gasteiger partial charge in [0.1, 0.15) is 6.10 Å². The SMILES string of the molecule is CCNC(=NCc1csc(N(C)C)n1)NCC(O)c1ccc(Cl)s1.I. The summed E-state index contributed by atoms with van der Waals surface area (Å²) >= 11 is 8.87. The summed E-state index contributed by atoms with van der Waals surface area (Å²) in [6, 6.07) is 3.62. The lowest BCUT2D eigenvalue weighted by molar-refractivity contribution is 0.184. The zero-order chi connectivity index (χ0) is 17.5. The molecule has 0 aliphatic heterocycles. The molecule has 1 unspecified atom stereocenters. The highest BCUT2D eigenvalue weighted by Crippen LogP contribution is 2.26. The van der Waals surface area contributed by atoms with Crippen LogP contribution in [-0.2, 0) is 6.54 Å². The quantitative estimate of drug-likeness (QED) is 0.300. The molecule has 0 amide bonds. The van der Waals surface area contributed by atoms with Crippen LogP contribution in [0.2, 0.25) is 4.34 Å². The van der Waals surface area contributed by atoms with Crippen LogP contribution in [0.15, 0.2) is 22.5 Å². The molecule has 2 heterocycles. The number of thiazole rings is 1. The molecule has 3 N–H and O–H groups in total. The molecule has 25 heavy (non-hydrogen) atoms. The van der Waals surface area contributed by atoms with E-state index in [0.717, 1.165) is 22.2 Å². The smallest absolute Gasteiger partial charge is 0.191 e. The van der Waals surface area contributed by atoms with Crippen molar-refractivity contribution in [2.24, 2.45) is 4.99 Å². The maximum atomic E-state index is 10.2. The molecule has 0 bridgehead atoms. The highest BCUT2D eigenvalue weighted by atomic mass is 127. The highest BCUT2D eigenvalue weighted by molar-refractivity contribution is 14.0. The second kappa shape index (κ2) is 11.2. The largest absolute Gasteiger partial charge is 0.386 e. The molecule has 0 aliphatic carbocycles. The summed E-state index contributed by atoms with van der Waals surface area (Å²) < 4.78 is 0.671. The molecule has 0 saturated carbocycles. The zero-order valence-corrected chi connectivity index (χ0v) is 19.0. The van der Waals surface area contributed by atoms with Gasteiger partial charge in [0, 0.05) is 37.4 Å². The van der Waals surface area contributed by atoms with Crippen LogP contribution in [0.3, 0.4) is 0 Å². The predicted molar refractivity (Wildman–Crippen MR) is 119 cm³/mol. The Labute approximate surface area is 178 Å². The standard InChI is InChI=1S/C15H22ClN5OS2.HI/c1-4-17-14(18-7-10-9-23-15(20-10)21(2)3)19-8-11(22)12-5-6-13(16)24-12;/h5-6,9,11,22H,4,7-8H2,1-3H3,(H2,17,18,19);1H. The minimum atomic E-state index is -0.619. The van der Waals surface area contributed by atoms with E-state index in [9.17, 15) is 5.11 Å². The molecular formula is C15H23ClIN5OS2. The van der Waals surface area contributed by atoms with Crippen molar-refractivity contribution in [3.8, 4) is 0 Å². The van der Waals surface area contributed by atoms with Gasteiger partial charge in [0.25, 0.3) is 0 Å². The summed E-state index contributed by atoms with van der Waals surface area (Å²) in [5, 5.41) is 19.5. The lowest BCUT2D eigenvalue weighted by atomic mass is 10.3. The summed E-state index contributed by atoms with van der Waals surface area (Å²) in [6.07, 6.45) is -0.619. The average Bonchev–Trinajstić information content (AvgIpc) is 3.18. The number of aliphatic imine (C=N–C) groups is 1. The van der Waals surface area contributed by atoms with Gasteiger partial charge in [-0.2, -0.15) is 0 Å². The molecular weight excluding hydrogens is 493 g/mol. The van der Waals surface area contributed by atoms with Crippen LogP contribution in [0.5, 0.6) is 0 Å². The number of aromatic nitrogens is 1. The van der Waals surface area contributed by atoms with E-state index in [1.165, 1.54) is 11.3 Å². The van der Waals surface area contributed by atoms with Crippen molar-refractivity contribution in [3.63, 3.8) is 0 Å². The Hall–Kier alpha value is -0.620. The van der Waals surface area contributed by atoms with Crippen LogP contribution < -0.4 is 15.5 Å². The van der Waals surface area contributed by atoms with Gasteiger partial charge in [0.2, 0.25) is 0 Å². The molecule has 0 saturated heterocycles. The third kappa shape index (κ3) is 7.26. The molecule has 140 valence electrons. The molecule has 0 aliphatic rings. The van der Waals surface area contributed by atoms with E-state index in [-0.39, 0.29) is 24.0 Å². The van der Waals surface area contributed by atoms with Crippen LogP contribution in [0.4, 0.5) is 5.13 Å². The van der Waals surface area contributed by atoms with E-state index in [1.54, 1.807) is 17.4 Å². The van der Waals surface area contributed by atoms with Crippen molar-refractivity contribution < 1.29 is 5.11 Å². The number of aliphatic hydroxyl groups excluding tert-OH is 1. The van der Waals surface area contributed by atoms with Gasteiger partial charge in [0.05, 0.1) is 16.6 Å². The second-order valence-electron chi connectivity index (χ2n) is 5.25. The van der Waals surface area contributed by atoms with Crippen molar-refractivity contribution in [2.75, 3.05) is 32.1 Å². The van der Waals surface area contributed by atoms with Crippen LogP contribution in [0, 0.1) is 0 Å². The third-order valence-corrected chi connectivity index (χ3v) is 5.44. The lowest BCUT2D eigenvalue weighted by Crippen LogP contribution is -2.39. The number of rotatable bonds is 7. The Morgan fingerprint density at radius 1 is 1.40 bits per heavy atom. The Morgan fingerprint density at radius 3 is 2.72 bits per heavy atom. The molecule has 0 spiro atoms. The number of anilines is 1. The molecule has 0 fully saturated rings. The number of halogens is 2. The van der Waals surface area contributed by atoms with Crippen LogP contribution in [0.25, 0.3) is 0 Å². The topological polar surface area (TPSA) is 72.8 Å². The second-order valence-corrected chi connectivity index (χ2v) is 7.83. The fourth-order valence-corrected chi connectivity index (χ4v) is 3.67. The summed E-state index contributed by atoms with van der Waals surface area (Å²) in [5.74, 6) is 0.651. The van der Waals surface area contributed by atoms with E-state index in [4.69, 9.17) is 11.6 Å². The molecule has 2 rings (SSSR count). The lowest BCUT2D eigenvalue weighted by Gasteiger charge is -2.14. The first kappa shape index (κ1) is 22.4. The first-order valence-electron chi connectivity index (χ1n) is 7.56. The first-order valence-corrected chi connectivity index (χ1v) is 9.64. The normalized spacial score (nSPS) is 12.4. The number of guanidine groups is 1. The third-order valence-electron chi connectivity index (χ3n) is 3.05. The maximum Gasteiger partial charge on any atom is 0.191 e.